The Morgan fingerprint density at radius 2 is 1.61 bits per heavy atom. The molecule has 8 nitrogen and oxygen atoms in total. The average molecular weight is 390 g/mol. The molecule has 1 aliphatic heterocycles. The summed E-state index contributed by atoms with van der Waals surface area (Å²) in [5.74, 6) is -0.599. The summed E-state index contributed by atoms with van der Waals surface area (Å²) in [4.78, 5) is 12.8. The lowest BCUT2D eigenvalue weighted by atomic mass is 9.98. The van der Waals surface area contributed by atoms with Gasteiger partial charge in [0.25, 0.3) is 0 Å². The van der Waals surface area contributed by atoms with Gasteiger partial charge in [-0.3, -0.25) is 4.79 Å². The maximum Gasteiger partial charge on any atom is 0.229 e. The Morgan fingerprint density at radius 1 is 0.964 bits per heavy atom. The number of Topliss-reactive ketones (excluding diaryl/α,β-unsaturated/α-hetero) is 1. The van der Waals surface area contributed by atoms with Gasteiger partial charge in [0.1, 0.15) is 36.3 Å². The van der Waals surface area contributed by atoms with E-state index < -0.39 is 49.2 Å². The van der Waals surface area contributed by atoms with Crippen molar-refractivity contribution in [2.75, 3.05) is 6.61 Å². The van der Waals surface area contributed by atoms with Crippen molar-refractivity contribution in [3.63, 3.8) is 0 Å². The molecule has 8 heteroatoms. The average Bonchev–Trinajstić information content (AvgIpc) is 2.74. The number of carbonyl (C=O) groups is 1. The monoisotopic (exact) mass is 390 g/mol. The summed E-state index contributed by atoms with van der Waals surface area (Å²) in [5.41, 5.74) is 0.464. The Kier molecular flexibility index (Phi) is 6.40. The molecule has 0 radical (unpaired) electrons. The van der Waals surface area contributed by atoms with Crippen LogP contribution in [0.15, 0.2) is 54.6 Å². The van der Waals surface area contributed by atoms with Crippen LogP contribution in [0.5, 0.6) is 5.75 Å². The van der Waals surface area contributed by atoms with E-state index in [4.69, 9.17) is 9.47 Å². The summed E-state index contributed by atoms with van der Waals surface area (Å²) in [6.45, 7) is -0.599. The maximum absolute atomic E-state index is 12.8. The molecule has 1 aliphatic rings. The fraction of sp³-hybridized carbons (Fsp3) is 0.350. The van der Waals surface area contributed by atoms with Gasteiger partial charge in [-0.15, -0.1) is 0 Å². The number of carbonyl (C=O) groups excluding carboxylic acids is 1. The summed E-state index contributed by atoms with van der Waals surface area (Å²) < 4.78 is 10.9. The molecule has 1 saturated heterocycles. The fourth-order valence-electron chi connectivity index (χ4n) is 3.00. The van der Waals surface area contributed by atoms with Crippen LogP contribution < -0.4 is 4.74 Å². The molecule has 0 spiro atoms. The molecule has 0 bridgehead atoms. The van der Waals surface area contributed by atoms with Gasteiger partial charge in [0.2, 0.25) is 6.29 Å². The van der Waals surface area contributed by atoms with Crippen molar-refractivity contribution in [3.8, 4) is 5.75 Å². The quantitative estimate of drug-likeness (QED) is 0.427. The second-order valence-electron chi connectivity index (χ2n) is 6.49. The number of aliphatic hydroxyl groups excluding tert-OH is 5. The number of hydrogen-bond donors (Lipinski definition) is 5. The van der Waals surface area contributed by atoms with Gasteiger partial charge in [-0.1, -0.05) is 42.5 Å². The second kappa shape index (κ2) is 8.78. The summed E-state index contributed by atoms with van der Waals surface area (Å²) in [6, 6.07) is 14.5. The molecule has 0 aliphatic carbocycles. The minimum Gasteiger partial charge on any atom is -0.461 e. The van der Waals surface area contributed by atoms with Crippen molar-refractivity contribution in [1.29, 1.82) is 0 Å². The standard InChI is InChI=1S/C20H22O8/c21-10-14-17(24)18(25)19(26)20(28-14)27-13-9-5-4-8-12(13)16(23)15(22)11-6-2-1-3-7-11/h1-9,14-15,17-22,24-26H,10H2/t14-,15?,17-,18+,19-,20?/m1/s1. The van der Waals surface area contributed by atoms with E-state index in [-0.39, 0.29) is 11.3 Å². The Labute approximate surface area is 161 Å². The highest BCUT2D eigenvalue weighted by atomic mass is 16.7. The third-order valence-electron chi connectivity index (χ3n) is 4.61. The number of benzene rings is 2. The first kappa shape index (κ1) is 20.4. The van der Waals surface area contributed by atoms with Crippen LogP contribution >= 0.6 is 0 Å². The van der Waals surface area contributed by atoms with Gasteiger partial charge in [0, 0.05) is 0 Å². The largest absolute Gasteiger partial charge is 0.461 e. The van der Waals surface area contributed by atoms with Crippen molar-refractivity contribution in [1.82, 2.24) is 0 Å². The van der Waals surface area contributed by atoms with Crippen LogP contribution in [0.3, 0.4) is 0 Å². The zero-order valence-electron chi connectivity index (χ0n) is 14.8. The Bertz CT molecular complexity index is 794. The maximum atomic E-state index is 12.8. The van der Waals surface area contributed by atoms with Gasteiger partial charge in [-0.25, -0.2) is 0 Å². The number of aliphatic hydroxyl groups is 5. The molecule has 6 atom stereocenters. The van der Waals surface area contributed by atoms with Crippen molar-refractivity contribution in [3.05, 3.63) is 65.7 Å². The zero-order valence-corrected chi connectivity index (χ0v) is 14.8. The van der Waals surface area contributed by atoms with E-state index in [1.807, 2.05) is 0 Å². The minimum atomic E-state index is -1.61. The van der Waals surface area contributed by atoms with E-state index in [0.29, 0.717) is 5.56 Å². The fourth-order valence-corrected chi connectivity index (χ4v) is 3.00. The van der Waals surface area contributed by atoms with Gasteiger partial charge in [0.05, 0.1) is 12.2 Å². The molecular formula is C20H22O8. The first-order chi connectivity index (χ1) is 13.4. The predicted molar refractivity (Wildman–Crippen MR) is 96.6 cm³/mol. The van der Waals surface area contributed by atoms with E-state index in [0.717, 1.165) is 0 Å². The molecular weight excluding hydrogens is 368 g/mol. The first-order valence-electron chi connectivity index (χ1n) is 8.77. The van der Waals surface area contributed by atoms with E-state index in [1.165, 1.54) is 12.1 Å². The third-order valence-corrected chi connectivity index (χ3v) is 4.61. The van der Waals surface area contributed by atoms with Crippen LogP contribution in [0, 0.1) is 0 Å². The van der Waals surface area contributed by atoms with Gasteiger partial charge in [-0.05, 0) is 17.7 Å². The number of para-hydroxylation sites is 1. The topological polar surface area (TPSA) is 137 Å². The summed E-state index contributed by atoms with van der Waals surface area (Å²) >= 11 is 0. The van der Waals surface area contributed by atoms with Crippen LogP contribution in [-0.2, 0) is 4.74 Å². The molecule has 5 N–H and O–H groups in total. The van der Waals surface area contributed by atoms with E-state index >= 15 is 0 Å². The normalized spacial score (nSPS) is 28.5. The molecule has 28 heavy (non-hydrogen) atoms. The van der Waals surface area contributed by atoms with Gasteiger partial charge < -0.3 is 35.0 Å². The van der Waals surface area contributed by atoms with Crippen LogP contribution in [0.4, 0.5) is 0 Å². The van der Waals surface area contributed by atoms with E-state index in [9.17, 15) is 30.3 Å². The Morgan fingerprint density at radius 3 is 2.29 bits per heavy atom. The number of rotatable bonds is 6. The Hall–Kier alpha value is -2.33. The highest BCUT2D eigenvalue weighted by Crippen LogP contribution is 2.29. The summed E-state index contributed by atoms with van der Waals surface area (Å²) in [5, 5.41) is 49.5. The number of ether oxygens (including phenoxy) is 2. The lowest BCUT2D eigenvalue weighted by Gasteiger charge is -2.39. The number of ketones is 1. The lowest BCUT2D eigenvalue weighted by molar-refractivity contribution is -0.277. The molecule has 150 valence electrons. The van der Waals surface area contributed by atoms with Gasteiger partial charge in [0.15, 0.2) is 5.78 Å². The highest BCUT2D eigenvalue weighted by molar-refractivity contribution is 6.02. The van der Waals surface area contributed by atoms with Crippen molar-refractivity contribution in [2.24, 2.45) is 0 Å². The smallest absolute Gasteiger partial charge is 0.229 e. The van der Waals surface area contributed by atoms with E-state index in [2.05, 4.69) is 0 Å². The number of hydrogen-bond acceptors (Lipinski definition) is 8. The Balaban J connectivity index is 1.83. The van der Waals surface area contributed by atoms with Crippen molar-refractivity contribution >= 4 is 5.78 Å². The molecule has 1 fully saturated rings. The molecule has 2 aromatic carbocycles. The van der Waals surface area contributed by atoms with Crippen LogP contribution in [0.25, 0.3) is 0 Å². The van der Waals surface area contributed by atoms with Crippen molar-refractivity contribution < 1.29 is 39.8 Å². The molecule has 0 saturated carbocycles. The van der Waals surface area contributed by atoms with Crippen LogP contribution in [0.2, 0.25) is 0 Å². The second-order valence-corrected chi connectivity index (χ2v) is 6.49. The first-order valence-corrected chi connectivity index (χ1v) is 8.77. The molecule has 0 aromatic heterocycles. The molecule has 3 rings (SSSR count). The SMILES string of the molecule is O=C(c1ccccc1OC1O[C@H](CO)[C@@H](O)[C@H](O)[C@H]1O)C(O)c1ccccc1. The van der Waals surface area contributed by atoms with Crippen LogP contribution in [-0.4, -0.2) is 68.6 Å². The highest BCUT2D eigenvalue weighted by Gasteiger charge is 2.45. The van der Waals surface area contributed by atoms with Crippen LogP contribution in [0.1, 0.15) is 22.0 Å². The van der Waals surface area contributed by atoms with Gasteiger partial charge >= 0.3 is 0 Å². The molecule has 2 unspecified atom stereocenters. The summed E-state index contributed by atoms with van der Waals surface area (Å²) in [6.07, 6.45) is -8.72. The third kappa shape index (κ3) is 4.07. The van der Waals surface area contributed by atoms with Gasteiger partial charge in [-0.2, -0.15) is 0 Å². The lowest BCUT2D eigenvalue weighted by Crippen LogP contribution is -2.60. The molecule has 0 amide bonds. The van der Waals surface area contributed by atoms with Crippen molar-refractivity contribution in [2.45, 2.75) is 36.8 Å². The molecule has 2 aromatic rings. The molecule has 1 heterocycles. The minimum absolute atomic E-state index is 0.0202. The zero-order chi connectivity index (χ0) is 20.3. The summed E-state index contributed by atoms with van der Waals surface area (Å²) in [7, 11) is 0. The van der Waals surface area contributed by atoms with E-state index in [1.54, 1.807) is 42.5 Å². The predicted octanol–water partition coefficient (Wildman–Crippen LogP) is -0.218.